The molecule has 0 aliphatic heterocycles. The molecule has 0 bridgehead atoms. The molecule has 0 atom stereocenters. The van der Waals surface area contributed by atoms with Crippen molar-refractivity contribution in [2.24, 2.45) is 4.99 Å². The van der Waals surface area contributed by atoms with Gasteiger partial charge in [-0.2, -0.15) is 0 Å². The first-order chi connectivity index (χ1) is 6.10. The molecule has 0 aromatic heterocycles. The molecular formula is C7H14NO4P. The minimum Gasteiger partial charge on any atom is -0.305 e. The summed E-state index contributed by atoms with van der Waals surface area (Å²) in [6.45, 7) is 5.34. The smallest absolute Gasteiger partial charge is 0.305 e. The average molecular weight is 207 g/mol. The quantitative estimate of drug-likeness (QED) is 0.378. The summed E-state index contributed by atoms with van der Waals surface area (Å²) in [5.41, 5.74) is 0.0891. The highest BCUT2D eigenvalue weighted by Gasteiger charge is 2.27. The number of hydrogen-bond acceptors (Lipinski definition) is 4. The topological polar surface area (TPSA) is 65.0 Å². The van der Waals surface area contributed by atoms with E-state index >= 15 is 0 Å². The number of aliphatic imine (C=N–C) groups is 1. The van der Waals surface area contributed by atoms with E-state index in [4.69, 9.17) is 9.05 Å². The van der Waals surface area contributed by atoms with Crippen LogP contribution in [0.25, 0.3) is 0 Å². The standard InChI is InChI=1S/C7H14NO4P/c1-4-11-13(10,12-5-2)7(3)8-6-9/h6H,4-5H2,1-3H3. The van der Waals surface area contributed by atoms with Crippen LogP contribution in [0, 0.1) is 0 Å². The van der Waals surface area contributed by atoms with E-state index < -0.39 is 7.60 Å². The fourth-order valence-electron chi connectivity index (χ4n) is 0.711. The first-order valence-electron chi connectivity index (χ1n) is 3.98. The summed E-state index contributed by atoms with van der Waals surface area (Å²) in [5, 5.41) is 0. The van der Waals surface area contributed by atoms with Gasteiger partial charge in [-0.25, -0.2) is 4.99 Å². The van der Waals surface area contributed by atoms with E-state index in [1.807, 2.05) is 0 Å². The molecule has 76 valence electrons. The van der Waals surface area contributed by atoms with Gasteiger partial charge in [0.25, 0.3) is 0 Å². The van der Waals surface area contributed by atoms with Gasteiger partial charge < -0.3 is 9.05 Å². The number of hydrogen-bond donors (Lipinski definition) is 0. The second kappa shape index (κ2) is 6.02. The Morgan fingerprint density at radius 2 is 1.85 bits per heavy atom. The normalized spacial score (nSPS) is 13.0. The van der Waals surface area contributed by atoms with Crippen molar-refractivity contribution in [3.05, 3.63) is 0 Å². The van der Waals surface area contributed by atoms with Crippen LogP contribution in [0.1, 0.15) is 20.8 Å². The lowest BCUT2D eigenvalue weighted by molar-refractivity contribution is -0.106. The molecular weight excluding hydrogens is 193 g/mol. The molecule has 5 nitrogen and oxygen atoms in total. The van der Waals surface area contributed by atoms with Gasteiger partial charge in [-0.05, 0) is 20.8 Å². The van der Waals surface area contributed by atoms with Crippen molar-refractivity contribution in [1.82, 2.24) is 0 Å². The van der Waals surface area contributed by atoms with E-state index in [1.165, 1.54) is 6.92 Å². The molecule has 0 saturated heterocycles. The lowest BCUT2D eigenvalue weighted by Gasteiger charge is -2.15. The predicted octanol–water partition coefficient (Wildman–Crippen LogP) is 1.83. The van der Waals surface area contributed by atoms with Gasteiger partial charge in [0.15, 0.2) is 0 Å². The maximum absolute atomic E-state index is 11.8. The monoisotopic (exact) mass is 207 g/mol. The van der Waals surface area contributed by atoms with Gasteiger partial charge in [0.2, 0.25) is 6.41 Å². The maximum atomic E-state index is 11.8. The van der Waals surface area contributed by atoms with Crippen molar-refractivity contribution >= 4 is 19.5 Å². The second-order valence-electron chi connectivity index (χ2n) is 2.11. The molecule has 13 heavy (non-hydrogen) atoms. The summed E-state index contributed by atoms with van der Waals surface area (Å²) in [4.78, 5) is 13.4. The summed E-state index contributed by atoms with van der Waals surface area (Å²) in [5.74, 6) is 0. The third kappa shape index (κ3) is 3.81. The number of carbonyl (C=O) groups is 1. The highest BCUT2D eigenvalue weighted by atomic mass is 31.2. The number of nitrogens with zero attached hydrogens (tertiary/aromatic N) is 1. The molecule has 0 saturated carbocycles. The largest absolute Gasteiger partial charge is 0.375 e. The van der Waals surface area contributed by atoms with Gasteiger partial charge in [0, 0.05) is 0 Å². The first kappa shape index (κ1) is 12.5. The van der Waals surface area contributed by atoms with Gasteiger partial charge in [-0.15, -0.1) is 0 Å². The Hall–Kier alpha value is -0.510. The van der Waals surface area contributed by atoms with Crippen LogP contribution in [0.2, 0.25) is 0 Å². The zero-order valence-electron chi connectivity index (χ0n) is 8.02. The minimum atomic E-state index is -3.31. The zero-order valence-corrected chi connectivity index (χ0v) is 8.91. The lowest BCUT2D eigenvalue weighted by Crippen LogP contribution is -2.03. The van der Waals surface area contributed by atoms with Crippen molar-refractivity contribution in [3.63, 3.8) is 0 Å². The molecule has 0 aliphatic carbocycles. The van der Waals surface area contributed by atoms with Crippen molar-refractivity contribution in [2.75, 3.05) is 13.2 Å². The Labute approximate surface area is 77.7 Å². The van der Waals surface area contributed by atoms with E-state index in [2.05, 4.69) is 4.99 Å². The van der Waals surface area contributed by atoms with Crippen LogP contribution in [0.5, 0.6) is 0 Å². The van der Waals surface area contributed by atoms with E-state index in [0.717, 1.165) is 0 Å². The van der Waals surface area contributed by atoms with Crippen LogP contribution in [-0.4, -0.2) is 25.1 Å². The van der Waals surface area contributed by atoms with Crippen LogP contribution < -0.4 is 0 Å². The number of amides is 1. The predicted molar refractivity (Wildman–Crippen MR) is 50.0 cm³/mol. The summed E-state index contributed by atoms with van der Waals surface area (Å²) in [6, 6.07) is 0. The Balaban J connectivity index is 4.66. The van der Waals surface area contributed by atoms with Crippen molar-refractivity contribution in [3.8, 4) is 0 Å². The highest BCUT2D eigenvalue weighted by Crippen LogP contribution is 2.49. The molecule has 0 rings (SSSR count). The molecule has 0 aromatic rings. The van der Waals surface area contributed by atoms with Crippen LogP contribution in [0.4, 0.5) is 0 Å². The zero-order chi connectivity index (χ0) is 10.3. The Bertz CT molecular complexity index is 229. The molecule has 0 aliphatic rings. The van der Waals surface area contributed by atoms with Gasteiger partial charge in [-0.3, -0.25) is 9.36 Å². The Kier molecular flexibility index (Phi) is 5.79. The van der Waals surface area contributed by atoms with Crippen LogP contribution in [-0.2, 0) is 18.4 Å². The SMILES string of the molecule is CCOP(=O)(OCC)C(C)=NC=O. The molecule has 0 radical (unpaired) electrons. The third-order valence-electron chi connectivity index (χ3n) is 1.23. The van der Waals surface area contributed by atoms with Crippen LogP contribution >= 0.6 is 7.60 Å². The molecule has 0 fully saturated rings. The van der Waals surface area contributed by atoms with E-state index in [1.54, 1.807) is 13.8 Å². The number of carbonyl (C=O) groups excluding carboxylic acids is 1. The van der Waals surface area contributed by atoms with Gasteiger partial charge in [-0.1, -0.05) is 0 Å². The van der Waals surface area contributed by atoms with Gasteiger partial charge in [0.05, 0.1) is 13.2 Å². The van der Waals surface area contributed by atoms with Gasteiger partial charge >= 0.3 is 7.60 Å². The molecule has 6 heteroatoms. The summed E-state index contributed by atoms with van der Waals surface area (Å²) in [7, 11) is -3.31. The molecule has 0 unspecified atom stereocenters. The molecule has 0 N–H and O–H groups in total. The summed E-state index contributed by atoms with van der Waals surface area (Å²) in [6.07, 6.45) is 0.319. The van der Waals surface area contributed by atoms with Crippen LogP contribution in [0.3, 0.4) is 0 Å². The fraction of sp³-hybridized carbons (Fsp3) is 0.714. The van der Waals surface area contributed by atoms with Crippen molar-refractivity contribution < 1.29 is 18.4 Å². The van der Waals surface area contributed by atoms with Crippen LogP contribution in [0.15, 0.2) is 4.99 Å². The summed E-state index contributed by atoms with van der Waals surface area (Å²) >= 11 is 0. The Morgan fingerprint density at radius 3 is 2.15 bits per heavy atom. The second-order valence-corrected chi connectivity index (χ2v) is 4.27. The third-order valence-corrected chi connectivity index (χ3v) is 3.34. The van der Waals surface area contributed by atoms with E-state index in [0.29, 0.717) is 6.41 Å². The molecule has 0 aromatic carbocycles. The van der Waals surface area contributed by atoms with E-state index in [9.17, 15) is 9.36 Å². The molecule has 0 spiro atoms. The number of rotatable bonds is 6. The van der Waals surface area contributed by atoms with Gasteiger partial charge in [0.1, 0.15) is 5.45 Å². The minimum absolute atomic E-state index is 0.0891. The summed E-state index contributed by atoms with van der Waals surface area (Å²) < 4.78 is 21.6. The van der Waals surface area contributed by atoms with Crippen molar-refractivity contribution in [2.45, 2.75) is 20.8 Å². The Morgan fingerprint density at radius 1 is 1.38 bits per heavy atom. The first-order valence-corrected chi connectivity index (χ1v) is 5.52. The average Bonchev–Trinajstić information content (AvgIpc) is 2.05. The molecule has 1 amide bonds. The van der Waals surface area contributed by atoms with E-state index in [-0.39, 0.29) is 18.7 Å². The highest BCUT2D eigenvalue weighted by molar-refractivity contribution is 7.72. The van der Waals surface area contributed by atoms with Crippen molar-refractivity contribution in [1.29, 1.82) is 0 Å². The lowest BCUT2D eigenvalue weighted by atomic mass is 10.9. The maximum Gasteiger partial charge on any atom is 0.375 e. The fourth-order valence-corrected chi connectivity index (χ4v) is 2.03. The molecule has 0 heterocycles.